The summed E-state index contributed by atoms with van der Waals surface area (Å²) in [6, 6.07) is 9.19. The van der Waals surface area contributed by atoms with Crippen molar-refractivity contribution in [3.8, 4) is 6.07 Å². The van der Waals surface area contributed by atoms with Gasteiger partial charge in [-0.1, -0.05) is 12.1 Å². The molecule has 1 aromatic carbocycles. The first-order valence-corrected chi connectivity index (χ1v) is 5.05. The van der Waals surface area contributed by atoms with Crippen molar-refractivity contribution in [1.82, 2.24) is 0 Å². The minimum atomic E-state index is -0.351. The number of halogens is 1. The Balaban J connectivity index is 2.85. The van der Waals surface area contributed by atoms with E-state index in [1.807, 2.05) is 24.3 Å². The summed E-state index contributed by atoms with van der Waals surface area (Å²) in [7, 11) is 0. The van der Waals surface area contributed by atoms with Crippen molar-refractivity contribution >= 4 is 39.8 Å². The summed E-state index contributed by atoms with van der Waals surface area (Å²) in [4.78, 5) is 0. The molecular weight excluding hydrogens is 305 g/mol. The first kappa shape index (κ1) is 11.5. The zero-order chi connectivity index (χ0) is 11.3. The van der Waals surface area contributed by atoms with Crippen LogP contribution in [0.2, 0.25) is 0 Å². The van der Waals surface area contributed by atoms with Crippen LogP contribution in [0.4, 0.5) is 5.69 Å². The maximum atomic E-state index is 8.60. The Morgan fingerprint density at radius 1 is 1.53 bits per heavy atom. The van der Waals surface area contributed by atoms with E-state index in [1.54, 1.807) is 6.07 Å². The molecule has 0 unspecified atom stereocenters. The maximum absolute atomic E-state index is 8.60. The number of nitrogens with two attached hydrogens (primary N) is 1. The summed E-state index contributed by atoms with van der Waals surface area (Å²) in [6.45, 7) is 0. The summed E-state index contributed by atoms with van der Waals surface area (Å²) in [5.41, 5.74) is 8.46. The van der Waals surface area contributed by atoms with Crippen molar-refractivity contribution in [1.29, 1.82) is 10.7 Å². The van der Waals surface area contributed by atoms with Crippen LogP contribution in [0.3, 0.4) is 0 Å². The highest BCUT2D eigenvalue weighted by Crippen LogP contribution is 2.16. The first-order chi connectivity index (χ1) is 7.15. The average Bonchev–Trinajstić information content (AvgIpc) is 2.21. The molecule has 76 valence electrons. The van der Waals surface area contributed by atoms with E-state index in [2.05, 4.69) is 33.1 Å². The molecule has 0 atom stereocenters. The highest BCUT2D eigenvalue weighted by Gasteiger charge is 2.01. The van der Waals surface area contributed by atoms with Crippen LogP contribution in [0.15, 0.2) is 29.4 Å². The van der Waals surface area contributed by atoms with Gasteiger partial charge in [-0.15, -0.1) is 0 Å². The van der Waals surface area contributed by atoms with E-state index in [1.165, 1.54) is 0 Å². The molecule has 5 nitrogen and oxygen atoms in total. The molecule has 15 heavy (non-hydrogen) atoms. The molecule has 0 radical (unpaired) electrons. The molecule has 0 spiro atoms. The molecule has 4 N–H and O–H groups in total. The number of para-hydroxylation sites is 1. The van der Waals surface area contributed by atoms with Crippen LogP contribution in [0.25, 0.3) is 0 Å². The third-order valence-electron chi connectivity index (χ3n) is 1.52. The van der Waals surface area contributed by atoms with Crippen molar-refractivity contribution in [2.45, 2.75) is 0 Å². The van der Waals surface area contributed by atoms with Crippen LogP contribution < -0.4 is 11.2 Å². The van der Waals surface area contributed by atoms with Gasteiger partial charge in [-0.2, -0.15) is 10.4 Å². The average molecular weight is 313 g/mol. The van der Waals surface area contributed by atoms with Gasteiger partial charge in [0, 0.05) is 3.57 Å². The fourth-order valence-corrected chi connectivity index (χ4v) is 1.32. The number of hydrogen-bond acceptors (Lipinski definition) is 4. The fraction of sp³-hybridized carbons (Fsp3) is 0. The van der Waals surface area contributed by atoms with Gasteiger partial charge in [-0.3, -0.25) is 10.8 Å². The SMILES string of the molecule is N#C/C(=N\Nc1ccccc1I)C(=N)N. The normalized spacial score (nSPS) is 10.5. The van der Waals surface area contributed by atoms with Gasteiger partial charge in [0.1, 0.15) is 6.07 Å². The van der Waals surface area contributed by atoms with Gasteiger partial charge in [0.05, 0.1) is 5.69 Å². The van der Waals surface area contributed by atoms with Gasteiger partial charge < -0.3 is 5.73 Å². The number of anilines is 1. The van der Waals surface area contributed by atoms with E-state index in [-0.39, 0.29) is 11.5 Å². The van der Waals surface area contributed by atoms with Crippen LogP contribution in [0.1, 0.15) is 0 Å². The Bertz CT molecular complexity index is 446. The minimum Gasteiger partial charge on any atom is -0.382 e. The molecule has 1 aromatic rings. The van der Waals surface area contributed by atoms with E-state index in [9.17, 15) is 0 Å². The molecule has 0 saturated heterocycles. The van der Waals surface area contributed by atoms with Crippen LogP contribution in [0.5, 0.6) is 0 Å². The van der Waals surface area contributed by atoms with Crippen LogP contribution in [-0.2, 0) is 0 Å². The zero-order valence-corrected chi connectivity index (χ0v) is 9.82. The zero-order valence-electron chi connectivity index (χ0n) is 7.66. The predicted molar refractivity (Wildman–Crippen MR) is 67.7 cm³/mol. The Kier molecular flexibility index (Phi) is 4.05. The van der Waals surface area contributed by atoms with E-state index < -0.39 is 0 Å². The fourth-order valence-electron chi connectivity index (χ4n) is 0.813. The minimum absolute atomic E-state index is 0.130. The summed E-state index contributed by atoms with van der Waals surface area (Å²) >= 11 is 2.14. The van der Waals surface area contributed by atoms with Crippen LogP contribution in [0, 0.1) is 20.3 Å². The van der Waals surface area contributed by atoms with Gasteiger partial charge in [0.2, 0.25) is 5.71 Å². The number of hydrogen-bond donors (Lipinski definition) is 3. The molecule has 0 fully saturated rings. The molecule has 0 bridgehead atoms. The Morgan fingerprint density at radius 3 is 2.73 bits per heavy atom. The topological polar surface area (TPSA) is 98.0 Å². The van der Waals surface area contributed by atoms with Crippen LogP contribution in [-0.4, -0.2) is 11.5 Å². The van der Waals surface area contributed by atoms with Gasteiger partial charge in [0.15, 0.2) is 5.84 Å². The molecule has 1 rings (SSSR count). The molecule has 0 amide bonds. The van der Waals surface area contributed by atoms with Crippen molar-refractivity contribution in [2.75, 3.05) is 5.43 Å². The van der Waals surface area contributed by atoms with Gasteiger partial charge >= 0.3 is 0 Å². The van der Waals surface area contributed by atoms with Crippen molar-refractivity contribution in [3.63, 3.8) is 0 Å². The lowest BCUT2D eigenvalue weighted by Gasteiger charge is -2.02. The summed E-state index contributed by atoms with van der Waals surface area (Å²) in [6.07, 6.45) is 0. The molecule has 6 heteroatoms. The predicted octanol–water partition coefficient (Wildman–Crippen LogP) is 1.52. The second-order valence-corrected chi connectivity index (χ2v) is 3.74. The molecule has 0 saturated carbocycles. The van der Waals surface area contributed by atoms with E-state index in [0.717, 1.165) is 9.26 Å². The van der Waals surface area contributed by atoms with Gasteiger partial charge in [0.25, 0.3) is 0 Å². The third kappa shape index (κ3) is 3.21. The largest absolute Gasteiger partial charge is 0.382 e. The number of nitrogens with zero attached hydrogens (tertiary/aromatic N) is 2. The second-order valence-electron chi connectivity index (χ2n) is 2.58. The van der Waals surface area contributed by atoms with Crippen molar-refractivity contribution < 1.29 is 0 Å². The lowest BCUT2D eigenvalue weighted by Crippen LogP contribution is -2.21. The third-order valence-corrected chi connectivity index (χ3v) is 2.46. The summed E-state index contributed by atoms with van der Waals surface area (Å²) in [5, 5.41) is 19.4. The molecule has 0 aliphatic rings. The quantitative estimate of drug-likeness (QED) is 0.341. The highest BCUT2D eigenvalue weighted by atomic mass is 127. The van der Waals surface area contributed by atoms with E-state index in [0.29, 0.717) is 0 Å². The maximum Gasteiger partial charge on any atom is 0.201 e. The smallest absolute Gasteiger partial charge is 0.201 e. The number of benzene rings is 1. The van der Waals surface area contributed by atoms with Crippen LogP contribution >= 0.6 is 22.6 Å². The summed E-state index contributed by atoms with van der Waals surface area (Å²) < 4.78 is 0.972. The summed E-state index contributed by atoms with van der Waals surface area (Å²) in [5.74, 6) is -0.351. The number of nitriles is 1. The first-order valence-electron chi connectivity index (χ1n) is 3.98. The standard InChI is InChI=1S/C9H8IN5/c10-6-3-1-2-4-7(6)14-15-8(5-11)9(12)13/h1-4,14H,(H3,12,13)/b15-8+. The molecule has 0 aromatic heterocycles. The lowest BCUT2D eigenvalue weighted by atomic mass is 10.3. The Hall–Kier alpha value is -1.62. The molecule has 0 aliphatic carbocycles. The number of hydrazone groups is 1. The van der Waals surface area contributed by atoms with Gasteiger partial charge in [-0.25, -0.2) is 0 Å². The monoisotopic (exact) mass is 313 g/mol. The number of rotatable bonds is 3. The van der Waals surface area contributed by atoms with Crippen molar-refractivity contribution in [3.05, 3.63) is 27.8 Å². The molecule has 0 aliphatic heterocycles. The van der Waals surface area contributed by atoms with E-state index in [4.69, 9.17) is 16.4 Å². The number of amidine groups is 1. The lowest BCUT2D eigenvalue weighted by molar-refractivity contribution is 1.32. The molecular formula is C9H8IN5. The Labute approximate surface area is 101 Å². The van der Waals surface area contributed by atoms with Gasteiger partial charge in [-0.05, 0) is 34.7 Å². The van der Waals surface area contributed by atoms with Crippen molar-refractivity contribution in [2.24, 2.45) is 10.8 Å². The molecule has 0 heterocycles. The van der Waals surface area contributed by atoms with E-state index >= 15 is 0 Å². The Morgan fingerprint density at radius 2 is 2.20 bits per heavy atom. The number of nitrogens with one attached hydrogen (secondary N) is 2. The highest BCUT2D eigenvalue weighted by molar-refractivity contribution is 14.1. The second kappa shape index (κ2) is 5.31.